The number of carbonyl (C=O) groups excluding carboxylic acids is 2. The quantitative estimate of drug-likeness (QED) is 0.0896. The molecule has 0 spiro atoms. The summed E-state index contributed by atoms with van der Waals surface area (Å²) in [7, 11) is 0. The first-order valence-electron chi connectivity index (χ1n) is 9.88. The largest absolute Gasteiger partial charge is 0.480 e. The minimum Gasteiger partial charge on any atom is -0.480 e. The van der Waals surface area contributed by atoms with Gasteiger partial charge in [0, 0.05) is 31.8 Å². The summed E-state index contributed by atoms with van der Waals surface area (Å²) in [6, 6.07) is -3.23. The first-order chi connectivity index (χ1) is 15.3. The van der Waals surface area contributed by atoms with E-state index < -0.39 is 35.9 Å². The summed E-state index contributed by atoms with van der Waals surface area (Å²) < 4.78 is 0. The van der Waals surface area contributed by atoms with Crippen LogP contribution in [0.2, 0.25) is 0 Å². The lowest BCUT2D eigenvalue weighted by Crippen LogP contribution is -2.55. The van der Waals surface area contributed by atoms with E-state index in [0.29, 0.717) is 30.8 Å². The third-order valence-corrected chi connectivity index (χ3v) is 4.53. The summed E-state index contributed by atoms with van der Waals surface area (Å²) >= 11 is 0. The van der Waals surface area contributed by atoms with E-state index in [1.54, 1.807) is 6.20 Å². The highest BCUT2D eigenvalue weighted by atomic mass is 16.4. The Morgan fingerprint density at radius 1 is 1.03 bits per heavy atom. The van der Waals surface area contributed by atoms with Crippen molar-refractivity contribution in [1.29, 1.82) is 5.41 Å². The van der Waals surface area contributed by atoms with Crippen LogP contribution >= 0.6 is 0 Å². The summed E-state index contributed by atoms with van der Waals surface area (Å²) in [5.74, 6) is -2.67. The molecule has 2 aromatic heterocycles. The number of carboxylic acid groups (broad SMARTS) is 1. The summed E-state index contributed by atoms with van der Waals surface area (Å²) in [6.07, 6.45) is 6.71. The number of hydrogen-bond acceptors (Lipinski definition) is 7. The topological polar surface area (TPSA) is 241 Å². The Morgan fingerprint density at radius 2 is 1.59 bits per heavy atom. The van der Waals surface area contributed by atoms with Crippen LogP contribution in [0.25, 0.3) is 0 Å². The molecule has 14 nitrogen and oxygen atoms in total. The van der Waals surface area contributed by atoms with E-state index in [1.165, 1.54) is 18.9 Å². The third kappa shape index (κ3) is 8.06. The highest BCUT2D eigenvalue weighted by Gasteiger charge is 2.29. The predicted molar refractivity (Wildman–Crippen MR) is 113 cm³/mol. The molecule has 0 unspecified atom stereocenters. The van der Waals surface area contributed by atoms with Crippen LogP contribution in [-0.2, 0) is 27.2 Å². The number of aromatic amines is 2. The monoisotopic (exact) mass is 448 g/mol. The second-order valence-corrected chi connectivity index (χ2v) is 7.08. The maximum Gasteiger partial charge on any atom is 0.326 e. The maximum absolute atomic E-state index is 12.9. The average molecular weight is 448 g/mol. The van der Waals surface area contributed by atoms with Gasteiger partial charge in [-0.1, -0.05) is 0 Å². The molecule has 0 saturated carbocycles. The Morgan fingerprint density at radius 3 is 2.09 bits per heavy atom. The first-order valence-corrected chi connectivity index (χ1v) is 9.88. The lowest BCUT2D eigenvalue weighted by atomic mass is 10.1. The Hall–Kier alpha value is -3.94. The Kier molecular flexibility index (Phi) is 9.16. The number of aromatic nitrogens is 4. The standard InChI is InChI=1S/C18H28N10O4/c19-12(2-1-3-24-18(20)21)15(29)27-13(4-10-6-22-8-25-10)16(30)28-14(17(31)32)5-11-7-23-9-26-11/h6-9,12-14H,1-5,19H2,(H,22,25)(H,23,26)(H,27,29)(H,28,30)(H,31,32)(H4,20,21,24)/t12-,13-,14-/m0/s1. The fourth-order valence-corrected chi connectivity index (χ4v) is 2.86. The molecule has 32 heavy (non-hydrogen) atoms. The number of carboxylic acids is 1. The van der Waals surface area contributed by atoms with Gasteiger partial charge in [-0.25, -0.2) is 14.8 Å². The lowest BCUT2D eigenvalue weighted by molar-refractivity contribution is -0.142. The van der Waals surface area contributed by atoms with Crippen molar-refractivity contribution in [3.8, 4) is 0 Å². The van der Waals surface area contributed by atoms with Gasteiger partial charge in [-0.05, 0) is 12.8 Å². The number of imidazole rings is 2. The minimum atomic E-state index is -1.24. The van der Waals surface area contributed by atoms with Crippen molar-refractivity contribution in [2.45, 2.75) is 43.8 Å². The molecule has 0 radical (unpaired) electrons. The van der Waals surface area contributed by atoms with Crippen molar-refractivity contribution in [3.63, 3.8) is 0 Å². The Labute approximate surface area is 183 Å². The fourth-order valence-electron chi connectivity index (χ4n) is 2.86. The van der Waals surface area contributed by atoms with Crippen LogP contribution in [0.3, 0.4) is 0 Å². The molecule has 11 N–H and O–H groups in total. The first kappa shape index (κ1) is 24.3. The van der Waals surface area contributed by atoms with Crippen molar-refractivity contribution >= 4 is 23.7 Å². The molecule has 0 aliphatic carbocycles. The van der Waals surface area contributed by atoms with Crippen molar-refractivity contribution in [3.05, 3.63) is 36.4 Å². The highest BCUT2D eigenvalue weighted by Crippen LogP contribution is 2.04. The number of aliphatic carboxylic acids is 1. The molecule has 0 aliphatic rings. The van der Waals surface area contributed by atoms with E-state index in [4.69, 9.17) is 16.9 Å². The molecule has 0 saturated heterocycles. The predicted octanol–water partition coefficient (Wildman–Crippen LogP) is -2.44. The number of amides is 2. The SMILES string of the molecule is N=C(N)NCCC[C@H](N)C(=O)N[C@@H](Cc1c[nH]cn1)C(=O)N[C@@H](Cc1c[nH]cn1)C(=O)O. The molecule has 2 heterocycles. The van der Waals surface area contributed by atoms with Gasteiger partial charge >= 0.3 is 5.97 Å². The molecule has 2 rings (SSSR count). The molecule has 0 aliphatic heterocycles. The molecule has 2 aromatic rings. The second-order valence-electron chi connectivity index (χ2n) is 7.08. The summed E-state index contributed by atoms with van der Waals surface area (Å²) in [5.41, 5.74) is 12.1. The molecule has 0 bridgehead atoms. The zero-order valence-corrected chi connectivity index (χ0v) is 17.3. The van der Waals surface area contributed by atoms with Gasteiger partial charge in [0.2, 0.25) is 11.8 Å². The Balaban J connectivity index is 2.01. The van der Waals surface area contributed by atoms with Gasteiger partial charge in [-0.2, -0.15) is 0 Å². The minimum absolute atomic E-state index is 0.0314. The number of H-pyrrole nitrogens is 2. The summed E-state index contributed by atoms with van der Waals surface area (Å²) in [5, 5.41) is 24.2. The number of rotatable bonds is 13. The van der Waals surface area contributed by atoms with Gasteiger partial charge in [0.25, 0.3) is 0 Å². The Bertz CT molecular complexity index is 884. The van der Waals surface area contributed by atoms with Gasteiger partial charge in [-0.3, -0.25) is 15.0 Å². The van der Waals surface area contributed by atoms with E-state index >= 15 is 0 Å². The molecular weight excluding hydrogens is 420 g/mol. The van der Waals surface area contributed by atoms with Crippen LogP contribution in [0.15, 0.2) is 25.0 Å². The number of nitrogens with one attached hydrogen (secondary N) is 6. The maximum atomic E-state index is 12.9. The number of hydrogen-bond donors (Lipinski definition) is 9. The van der Waals surface area contributed by atoms with Crippen molar-refractivity contribution in [1.82, 2.24) is 35.9 Å². The van der Waals surface area contributed by atoms with Crippen molar-refractivity contribution < 1.29 is 19.5 Å². The van der Waals surface area contributed by atoms with E-state index in [2.05, 4.69) is 35.9 Å². The summed E-state index contributed by atoms with van der Waals surface area (Å²) in [6.45, 7) is 0.376. The van der Waals surface area contributed by atoms with E-state index in [1.807, 2.05) is 0 Å². The normalized spacial score (nSPS) is 13.5. The summed E-state index contributed by atoms with van der Waals surface area (Å²) in [4.78, 5) is 50.5. The number of nitrogens with two attached hydrogens (primary N) is 2. The van der Waals surface area contributed by atoms with Gasteiger partial charge in [0.1, 0.15) is 12.1 Å². The van der Waals surface area contributed by atoms with E-state index in [-0.39, 0.29) is 18.8 Å². The zero-order valence-electron chi connectivity index (χ0n) is 17.3. The molecule has 0 fully saturated rings. The molecule has 174 valence electrons. The van der Waals surface area contributed by atoms with Crippen LogP contribution < -0.4 is 27.4 Å². The molecule has 0 aromatic carbocycles. The highest BCUT2D eigenvalue weighted by molar-refractivity contribution is 5.92. The zero-order chi connectivity index (χ0) is 23.5. The van der Waals surface area contributed by atoms with Crippen LogP contribution in [0.1, 0.15) is 24.2 Å². The third-order valence-electron chi connectivity index (χ3n) is 4.53. The van der Waals surface area contributed by atoms with Crippen molar-refractivity contribution in [2.75, 3.05) is 6.54 Å². The van der Waals surface area contributed by atoms with Gasteiger partial charge in [0.15, 0.2) is 5.96 Å². The van der Waals surface area contributed by atoms with E-state index in [9.17, 15) is 19.5 Å². The smallest absolute Gasteiger partial charge is 0.326 e. The molecule has 3 atom stereocenters. The lowest BCUT2D eigenvalue weighted by Gasteiger charge is -2.22. The van der Waals surface area contributed by atoms with Crippen LogP contribution in [-0.4, -0.2) is 73.5 Å². The van der Waals surface area contributed by atoms with E-state index in [0.717, 1.165) is 0 Å². The van der Waals surface area contributed by atoms with Crippen LogP contribution in [0.4, 0.5) is 0 Å². The molecule has 14 heteroatoms. The average Bonchev–Trinajstić information content (AvgIpc) is 3.43. The number of nitrogens with zero attached hydrogens (tertiary/aromatic N) is 2. The number of guanidine groups is 1. The van der Waals surface area contributed by atoms with Crippen LogP contribution in [0, 0.1) is 5.41 Å². The van der Waals surface area contributed by atoms with Gasteiger partial charge < -0.3 is 42.5 Å². The number of carbonyl (C=O) groups is 3. The van der Waals surface area contributed by atoms with Crippen molar-refractivity contribution in [2.24, 2.45) is 11.5 Å². The van der Waals surface area contributed by atoms with Gasteiger partial charge in [-0.15, -0.1) is 0 Å². The fraction of sp³-hybridized carbons (Fsp3) is 0.444. The molecular formula is C18H28N10O4. The molecule has 2 amide bonds. The second kappa shape index (κ2) is 12.0. The van der Waals surface area contributed by atoms with Crippen LogP contribution in [0.5, 0.6) is 0 Å². The van der Waals surface area contributed by atoms with Gasteiger partial charge in [0.05, 0.1) is 30.1 Å².